The van der Waals surface area contributed by atoms with Crippen LogP contribution < -0.4 is 5.32 Å². The monoisotopic (exact) mass is 260 g/mol. The van der Waals surface area contributed by atoms with Crippen LogP contribution in [0.2, 0.25) is 0 Å². The maximum atomic E-state index is 12.4. The molecule has 0 spiro atoms. The summed E-state index contributed by atoms with van der Waals surface area (Å²) >= 11 is 0. The molecule has 0 amide bonds. The molecule has 1 aromatic heterocycles. The summed E-state index contributed by atoms with van der Waals surface area (Å²) in [6, 6.07) is 0.520. The van der Waals surface area contributed by atoms with Crippen LogP contribution in [0.25, 0.3) is 0 Å². The van der Waals surface area contributed by atoms with Crippen LogP contribution in [0.1, 0.15) is 31.9 Å². The van der Waals surface area contributed by atoms with Gasteiger partial charge in [0.1, 0.15) is 0 Å². The third-order valence-corrected chi connectivity index (χ3v) is 3.84. The highest BCUT2D eigenvalue weighted by atomic mass is 19.4. The number of piperidine rings is 1. The van der Waals surface area contributed by atoms with E-state index in [-0.39, 0.29) is 5.54 Å². The first kappa shape index (κ1) is 12.0. The van der Waals surface area contributed by atoms with E-state index in [1.807, 2.05) is 0 Å². The van der Waals surface area contributed by atoms with Gasteiger partial charge in [-0.3, -0.25) is 0 Å². The van der Waals surface area contributed by atoms with E-state index >= 15 is 0 Å². The van der Waals surface area contributed by atoms with Gasteiger partial charge in [0.15, 0.2) is 5.69 Å². The summed E-state index contributed by atoms with van der Waals surface area (Å²) in [6.45, 7) is 2.60. The Labute approximate surface area is 103 Å². The highest BCUT2D eigenvalue weighted by Crippen LogP contribution is 2.42. The Balaban J connectivity index is 1.72. The molecule has 3 atom stereocenters. The lowest BCUT2D eigenvalue weighted by Crippen LogP contribution is -2.69. The summed E-state index contributed by atoms with van der Waals surface area (Å²) in [7, 11) is 0. The first-order valence-electron chi connectivity index (χ1n) is 6.11. The van der Waals surface area contributed by atoms with Gasteiger partial charge >= 0.3 is 6.18 Å². The molecule has 2 saturated heterocycles. The van der Waals surface area contributed by atoms with Crippen molar-refractivity contribution in [2.24, 2.45) is 5.92 Å². The highest BCUT2D eigenvalue weighted by molar-refractivity contribution is 5.08. The van der Waals surface area contributed by atoms with E-state index in [0.717, 1.165) is 25.5 Å². The van der Waals surface area contributed by atoms with E-state index < -0.39 is 11.9 Å². The second kappa shape index (κ2) is 3.69. The molecule has 1 saturated carbocycles. The minimum atomic E-state index is -4.41. The molecule has 7 heteroatoms. The molecule has 4 rings (SSSR count). The lowest BCUT2D eigenvalue weighted by atomic mass is 9.66. The topological polar surface area (TPSA) is 42.7 Å². The number of hydrogen-bond donors (Lipinski definition) is 1. The fourth-order valence-electron chi connectivity index (χ4n) is 3.35. The standard InChI is InChI=1S/C11H15F3N4/c1-7-2-8-4-10(3-7,16-8)6-18-15-5-9(17-18)11(12,13)14/h5,7-8,16H,2-4,6H2,1H3. The summed E-state index contributed by atoms with van der Waals surface area (Å²) < 4.78 is 37.2. The number of hydrogen-bond acceptors (Lipinski definition) is 3. The van der Waals surface area contributed by atoms with Gasteiger partial charge < -0.3 is 5.32 Å². The number of aromatic nitrogens is 3. The van der Waals surface area contributed by atoms with Crippen molar-refractivity contribution in [1.82, 2.24) is 20.3 Å². The van der Waals surface area contributed by atoms with Gasteiger partial charge in [-0.05, 0) is 25.2 Å². The zero-order valence-electron chi connectivity index (χ0n) is 10.0. The van der Waals surface area contributed by atoms with Gasteiger partial charge in [-0.15, -0.1) is 5.10 Å². The van der Waals surface area contributed by atoms with Crippen LogP contribution in [0.3, 0.4) is 0 Å². The summed E-state index contributed by atoms with van der Waals surface area (Å²) in [6.07, 6.45) is -0.473. The Morgan fingerprint density at radius 1 is 1.50 bits per heavy atom. The van der Waals surface area contributed by atoms with Gasteiger partial charge in [0.2, 0.25) is 0 Å². The van der Waals surface area contributed by atoms with Crippen LogP contribution >= 0.6 is 0 Å². The Bertz CT molecular complexity index is 447. The molecule has 3 unspecified atom stereocenters. The summed E-state index contributed by atoms with van der Waals surface area (Å²) in [5, 5.41) is 10.7. The molecule has 3 heterocycles. The minimum absolute atomic E-state index is 0.0930. The quantitative estimate of drug-likeness (QED) is 0.882. The average Bonchev–Trinajstić information content (AvgIpc) is 2.62. The fourth-order valence-corrected chi connectivity index (χ4v) is 3.35. The lowest BCUT2D eigenvalue weighted by molar-refractivity contribution is -0.141. The maximum absolute atomic E-state index is 12.4. The molecule has 0 aromatic carbocycles. The third kappa shape index (κ3) is 2.00. The first-order valence-corrected chi connectivity index (χ1v) is 6.11. The smallest absolute Gasteiger partial charge is 0.307 e. The van der Waals surface area contributed by atoms with E-state index in [0.29, 0.717) is 18.5 Å². The lowest BCUT2D eigenvalue weighted by Gasteiger charge is -2.55. The van der Waals surface area contributed by atoms with Gasteiger partial charge in [-0.1, -0.05) is 6.92 Å². The maximum Gasteiger partial charge on any atom is 0.436 e. The normalized spacial score (nSPS) is 35.3. The molecule has 18 heavy (non-hydrogen) atoms. The molecule has 100 valence electrons. The van der Waals surface area contributed by atoms with Crippen molar-refractivity contribution >= 4 is 0 Å². The van der Waals surface area contributed by atoms with E-state index in [9.17, 15) is 13.2 Å². The van der Waals surface area contributed by atoms with Gasteiger partial charge in [-0.25, -0.2) is 0 Å². The number of nitrogens with zero attached hydrogens (tertiary/aromatic N) is 3. The van der Waals surface area contributed by atoms with Crippen molar-refractivity contribution in [2.45, 2.75) is 50.5 Å². The molecule has 3 aliphatic rings. The minimum Gasteiger partial charge on any atom is -0.307 e. The second-order valence-electron chi connectivity index (χ2n) is 5.63. The van der Waals surface area contributed by atoms with Crippen molar-refractivity contribution in [2.75, 3.05) is 0 Å². The van der Waals surface area contributed by atoms with Crippen LogP contribution in [0, 0.1) is 5.92 Å². The van der Waals surface area contributed by atoms with Gasteiger partial charge in [0.05, 0.1) is 12.7 Å². The third-order valence-electron chi connectivity index (χ3n) is 3.84. The summed E-state index contributed by atoms with van der Waals surface area (Å²) in [5.74, 6) is 0.614. The number of alkyl halides is 3. The van der Waals surface area contributed by atoms with Crippen LogP contribution in [-0.2, 0) is 12.7 Å². The van der Waals surface area contributed by atoms with Crippen molar-refractivity contribution in [3.8, 4) is 0 Å². The highest BCUT2D eigenvalue weighted by Gasteiger charge is 2.49. The summed E-state index contributed by atoms with van der Waals surface area (Å²) in [4.78, 5) is 1.17. The SMILES string of the molecule is CC1CC2CC(Cn3ncc(C(F)(F)F)n3)(C1)N2. The fraction of sp³-hybridized carbons (Fsp3) is 0.818. The van der Waals surface area contributed by atoms with Gasteiger partial charge in [0.25, 0.3) is 0 Å². The van der Waals surface area contributed by atoms with Crippen molar-refractivity contribution < 1.29 is 13.2 Å². The number of nitrogens with one attached hydrogen (secondary N) is 1. The second-order valence-corrected chi connectivity index (χ2v) is 5.63. The Morgan fingerprint density at radius 3 is 2.78 bits per heavy atom. The van der Waals surface area contributed by atoms with Crippen LogP contribution in [0.5, 0.6) is 0 Å². The Hall–Kier alpha value is -1.11. The predicted molar refractivity (Wildman–Crippen MR) is 57.7 cm³/mol. The van der Waals surface area contributed by atoms with Crippen LogP contribution in [0.15, 0.2) is 6.20 Å². The molecule has 3 fully saturated rings. The van der Waals surface area contributed by atoms with Crippen molar-refractivity contribution in [3.05, 3.63) is 11.9 Å². The molecule has 1 N–H and O–H groups in total. The van der Waals surface area contributed by atoms with Crippen molar-refractivity contribution in [1.29, 1.82) is 0 Å². The Kier molecular flexibility index (Phi) is 2.45. The first-order chi connectivity index (χ1) is 8.36. The number of rotatable bonds is 2. The van der Waals surface area contributed by atoms with E-state index in [1.165, 1.54) is 4.80 Å². The Morgan fingerprint density at radius 2 is 2.22 bits per heavy atom. The largest absolute Gasteiger partial charge is 0.436 e. The molecule has 2 bridgehead atoms. The van der Waals surface area contributed by atoms with Crippen molar-refractivity contribution in [3.63, 3.8) is 0 Å². The number of fused-ring (bicyclic) bond motifs is 2. The summed E-state index contributed by atoms with van der Waals surface area (Å²) in [5.41, 5.74) is -1.01. The van der Waals surface area contributed by atoms with E-state index in [4.69, 9.17) is 0 Å². The molecule has 2 aliphatic heterocycles. The molecule has 4 nitrogen and oxygen atoms in total. The number of halogens is 3. The molecule has 1 aromatic rings. The van der Waals surface area contributed by atoms with Gasteiger partial charge in [0, 0.05) is 11.6 Å². The zero-order chi connectivity index (χ0) is 13.0. The van der Waals surface area contributed by atoms with Gasteiger partial charge in [-0.2, -0.15) is 23.1 Å². The van der Waals surface area contributed by atoms with E-state index in [2.05, 4.69) is 22.4 Å². The zero-order valence-corrected chi connectivity index (χ0v) is 10.0. The molecule has 1 aliphatic carbocycles. The van der Waals surface area contributed by atoms with Crippen LogP contribution in [0.4, 0.5) is 13.2 Å². The predicted octanol–water partition coefficient (Wildman–Crippen LogP) is 1.83. The molecular weight excluding hydrogens is 245 g/mol. The van der Waals surface area contributed by atoms with Crippen LogP contribution in [-0.4, -0.2) is 26.6 Å². The molecular formula is C11H15F3N4. The average molecular weight is 260 g/mol. The molecule has 0 radical (unpaired) electrons. The van der Waals surface area contributed by atoms with E-state index in [1.54, 1.807) is 0 Å².